The van der Waals surface area contributed by atoms with Crippen molar-refractivity contribution in [3.8, 4) is 0 Å². The molecule has 0 aliphatic heterocycles. The highest BCUT2D eigenvalue weighted by molar-refractivity contribution is 6.32. The lowest BCUT2D eigenvalue weighted by Crippen LogP contribution is -2.36. The first-order valence-corrected chi connectivity index (χ1v) is 7.99. The van der Waals surface area contributed by atoms with E-state index in [-0.39, 0.29) is 16.6 Å². The SMILES string of the molecule is CC(C)CC[C@@H](C)NC(=O)COC(=O)c1ccc(Cl)c([N+](=O)[O-])c1. The third-order valence-corrected chi connectivity index (χ3v) is 3.62. The number of nitrogens with one attached hydrogen (secondary N) is 1. The summed E-state index contributed by atoms with van der Waals surface area (Å²) in [6, 6.07) is 3.55. The van der Waals surface area contributed by atoms with Crippen LogP contribution in [0.25, 0.3) is 0 Å². The number of carbonyl (C=O) groups excluding carboxylic acids is 2. The van der Waals surface area contributed by atoms with Crippen LogP contribution in [0, 0.1) is 16.0 Å². The average Bonchev–Trinajstić information content (AvgIpc) is 2.50. The summed E-state index contributed by atoms with van der Waals surface area (Å²) in [7, 11) is 0. The van der Waals surface area contributed by atoms with E-state index in [0.717, 1.165) is 18.9 Å². The molecule has 0 spiro atoms. The molecule has 0 aromatic heterocycles. The zero-order valence-electron chi connectivity index (χ0n) is 13.9. The molecule has 0 radical (unpaired) electrons. The molecule has 0 bridgehead atoms. The third-order valence-electron chi connectivity index (χ3n) is 3.30. The summed E-state index contributed by atoms with van der Waals surface area (Å²) in [6.45, 7) is 5.63. The van der Waals surface area contributed by atoms with E-state index in [1.807, 2.05) is 6.92 Å². The van der Waals surface area contributed by atoms with Crippen molar-refractivity contribution in [3.05, 3.63) is 38.9 Å². The number of ether oxygens (including phenoxy) is 1. The van der Waals surface area contributed by atoms with E-state index in [9.17, 15) is 19.7 Å². The molecule has 1 aromatic rings. The minimum atomic E-state index is -0.820. The average molecular weight is 357 g/mol. The number of nitro benzene ring substituents is 1. The first kappa shape index (κ1) is 19.9. The van der Waals surface area contributed by atoms with Crippen molar-refractivity contribution in [2.75, 3.05) is 6.61 Å². The Bertz CT molecular complexity index is 618. The van der Waals surface area contributed by atoms with Gasteiger partial charge in [0.2, 0.25) is 0 Å². The van der Waals surface area contributed by atoms with Gasteiger partial charge in [-0.2, -0.15) is 0 Å². The molecule has 1 rings (SSSR count). The van der Waals surface area contributed by atoms with Crippen molar-refractivity contribution < 1.29 is 19.2 Å². The zero-order chi connectivity index (χ0) is 18.3. The molecule has 1 amide bonds. The second-order valence-corrected chi connectivity index (χ2v) is 6.35. The number of rotatable bonds is 8. The van der Waals surface area contributed by atoms with Crippen LogP contribution in [-0.2, 0) is 9.53 Å². The molecule has 0 saturated carbocycles. The Labute approximate surface area is 145 Å². The van der Waals surface area contributed by atoms with Gasteiger partial charge in [-0.25, -0.2) is 4.79 Å². The predicted molar refractivity (Wildman–Crippen MR) is 90.1 cm³/mol. The van der Waals surface area contributed by atoms with E-state index >= 15 is 0 Å². The lowest BCUT2D eigenvalue weighted by Gasteiger charge is -2.15. The van der Waals surface area contributed by atoms with E-state index in [1.165, 1.54) is 12.1 Å². The molecule has 0 unspecified atom stereocenters. The standard InChI is InChI=1S/C16H21ClN2O5/c1-10(2)4-5-11(3)18-15(20)9-24-16(21)12-6-7-13(17)14(8-12)19(22)23/h6-8,10-11H,4-5,9H2,1-3H3,(H,18,20)/t11-/m1/s1. The maximum absolute atomic E-state index is 11.9. The summed E-state index contributed by atoms with van der Waals surface area (Å²) >= 11 is 5.67. The highest BCUT2D eigenvalue weighted by Crippen LogP contribution is 2.25. The van der Waals surface area contributed by atoms with Crippen LogP contribution >= 0.6 is 11.6 Å². The normalized spacial score (nSPS) is 11.9. The number of halogens is 1. The first-order chi connectivity index (χ1) is 11.2. The fraction of sp³-hybridized carbons (Fsp3) is 0.500. The third kappa shape index (κ3) is 6.54. The van der Waals surface area contributed by atoms with Crippen LogP contribution in [0.2, 0.25) is 5.02 Å². The van der Waals surface area contributed by atoms with Crippen molar-refractivity contribution in [1.82, 2.24) is 5.32 Å². The van der Waals surface area contributed by atoms with Crippen LogP contribution in [0.4, 0.5) is 5.69 Å². The number of nitro groups is 1. The molecule has 1 aromatic carbocycles. The quantitative estimate of drug-likeness (QED) is 0.437. The Kier molecular flexibility index (Phi) is 7.64. The summed E-state index contributed by atoms with van der Waals surface area (Å²) < 4.78 is 4.87. The second-order valence-electron chi connectivity index (χ2n) is 5.94. The topological polar surface area (TPSA) is 98.5 Å². The molecule has 0 saturated heterocycles. The molecule has 1 N–H and O–H groups in total. The zero-order valence-corrected chi connectivity index (χ0v) is 14.6. The highest BCUT2D eigenvalue weighted by atomic mass is 35.5. The summed E-state index contributed by atoms with van der Waals surface area (Å²) in [5.41, 5.74) is -0.426. The van der Waals surface area contributed by atoms with Gasteiger partial charge >= 0.3 is 5.97 Å². The molecule has 8 heteroatoms. The van der Waals surface area contributed by atoms with Crippen LogP contribution in [0.5, 0.6) is 0 Å². The minimum Gasteiger partial charge on any atom is -0.452 e. The molecule has 0 aliphatic carbocycles. The summed E-state index contributed by atoms with van der Waals surface area (Å²) in [5.74, 6) is -0.689. The summed E-state index contributed by atoms with van der Waals surface area (Å²) in [5, 5.41) is 13.5. The van der Waals surface area contributed by atoms with Gasteiger partial charge in [0.05, 0.1) is 10.5 Å². The Morgan fingerprint density at radius 2 is 1.96 bits per heavy atom. The van der Waals surface area contributed by atoms with Crippen molar-refractivity contribution in [1.29, 1.82) is 0 Å². The number of hydrogen-bond donors (Lipinski definition) is 1. The van der Waals surface area contributed by atoms with Gasteiger partial charge in [-0.15, -0.1) is 0 Å². The van der Waals surface area contributed by atoms with Crippen LogP contribution in [0.3, 0.4) is 0 Å². The Balaban J connectivity index is 2.52. The largest absolute Gasteiger partial charge is 0.452 e. The van der Waals surface area contributed by atoms with Gasteiger partial charge in [0.15, 0.2) is 6.61 Å². The molecular formula is C16H21ClN2O5. The molecule has 7 nitrogen and oxygen atoms in total. The molecule has 0 fully saturated rings. The molecule has 24 heavy (non-hydrogen) atoms. The Morgan fingerprint density at radius 3 is 2.54 bits per heavy atom. The van der Waals surface area contributed by atoms with Crippen LogP contribution in [-0.4, -0.2) is 29.4 Å². The second kappa shape index (κ2) is 9.22. The van der Waals surface area contributed by atoms with Gasteiger partial charge in [-0.1, -0.05) is 25.4 Å². The molecular weight excluding hydrogens is 336 g/mol. The number of hydrogen-bond acceptors (Lipinski definition) is 5. The summed E-state index contributed by atoms with van der Waals surface area (Å²) in [6.07, 6.45) is 1.82. The molecule has 0 heterocycles. The molecule has 0 aliphatic rings. The Morgan fingerprint density at radius 1 is 1.29 bits per heavy atom. The van der Waals surface area contributed by atoms with Gasteiger partial charge in [-0.05, 0) is 37.8 Å². The smallest absolute Gasteiger partial charge is 0.338 e. The number of benzene rings is 1. The number of carbonyl (C=O) groups is 2. The maximum Gasteiger partial charge on any atom is 0.338 e. The van der Waals surface area contributed by atoms with Gasteiger partial charge in [0.1, 0.15) is 5.02 Å². The van der Waals surface area contributed by atoms with Crippen molar-refractivity contribution in [2.24, 2.45) is 5.92 Å². The first-order valence-electron chi connectivity index (χ1n) is 7.61. The van der Waals surface area contributed by atoms with Crippen LogP contribution in [0.15, 0.2) is 18.2 Å². The lowest BCUT2D eigenvalue weighted by molar-refractivity contribution is -0.384. The van der Waals surface area contributed by atoms with E-state index in [0.29, 0.717) is 5.92 Å². The number of nitrogens with zero attached hydrogens (tertiary/aromatic N) is 1. The Hall–Kier alpha value is -2.15. The monoisotopic (exact) mass is 356 g/mol. The fourth-order valence-corrected chi connectivity index (χ4v) is 2.15. The van der Waals surface area contributed by atoms with E-state index in [2.05, 4.69) is 19.2 Å². The number of esters is 1. The molecule has 132 valence electrons. The lowest BCUT2D eigenvalue weighted by atomic mass is 10.0. The predicted octanol–water partition coefficient (Wildman–Crippen LogP) is 3.35. The maximum atomic E-state index is 11.9. The van der Waals surface area contributed by atoms with E-state index in [4.69, 9.17) is 16.3 Å². The van der Waals surface area contributed by atoms with E-state index in [1.54, 1.807) is 0 Å². The number of amides is 1. The van der Waals surface area contributed by atoms with Crippen molar-refractivity contribution in [2.45, 2.75) is 39.7 Å². The van der Waals surface area contributed by atoms with Gasteiger partial charge < -0.3 is 10.1 Å². The summed E-state index contributed by atoms with van der Waals surface area (Å²) in [4.78, 5) is 33.7. The van der Waals surface area contributed by atoms with Crippen molar-refractivity contribution in [3.63, 3.8) is 0 Å². The van der Waals surface area contributed by atoms with Crippen LogP contribution in [0.1, 0.15) is 44.0 Å². The van der Waals surface area contributed by atoms with Gasteiger partial charge in [0, 0.05) is 12.1 Å². The van der Waals surface area contributed by atoms with Crippen LogP contribution < -0.4 is 5.32 Å². The van der Waals surface area contributed by atoms with Gasteiger partial charge in [0.25, 0.3) is 11.6 Å². The fourth-order valence-electron chi connectivity index (χ4n) is 1.97. The minimum absolute atomic E-state index is 0.0183. The highest BCUT2D eigenvalue weighted by Gasteiger charge is 2.18. The van der Waals surface area contributed by atoms with E-state index < -0.39 is 29.1 Å². The van der Waals surface area contributed by atoms with Crippen molar-refractivity contribution >= 4 is 29.2 Å². The molecule has 1 atom stereocenters. The van der Waals surface area contributed by atoms with Gasteiger partial charge in [-0.3, -0.25) is 14.9 Å².